The molecule has 140 valence electrons. The maximum atomic E-state index is 12.3. The Morgan fingerprint density at radius 3 is 2.27 bits per heavy atom. The molecule has 2 amide bonds. The summed E-state index contributed by atoms with van der Waals surface area (Å²) in [5.74, 6) is -0.365. The summed E-state index contributed by atoms with van der Waals surface area (Å²) in [6, 6.07) is 6.93. The summed E-state index contributed by atoms with van der Waals surface area (Å²) in [5.41, 5.74) is 3.62. The van der Waals surface area contributed by atoms with Gasteiger partial charge in [0.25, 0.3) is 0 Å². The first-order chi connectivity index (χ1) is 12.1. The second-order valence-corrected chi connectivity index (χ2v) is 7.85. The summed E-state index contributed by atoms with van der Waals surface area (Å²) < 4.78 is 2.00. The Labute approximate surface area is 155 Å². The van der Waals surface area contributed by atoms with Gasteiger partial charge < -0.3 is 15.2 Å². The van der Waals surface area contributed by atoms with Crippen LogP contribution in [0.25, 0.3) is 5.69 Å². The third kappa shape index (κ3) is 5.18. The minimum absolute atomic E-state index is 0.111. The lowest BCUT2D eigenvalue weighted by Crippen LogP contribution is -2.42. The van der Waals surface area contributed by atoms with E-state index in [1.165, 1.54) is 0 Å². The van der Waals surface area contributed by atoms with Crippen LogP contribution in [0.5, 0.6) is 0 Å². The zero-order chi connectivity index (χ0) is 19.5. The number of hydrogen-bond acceptors (Lipinski definition) is 3. The lowest BCUT2D eigenvalue weighted by molar-refractivity contribution is -0.127. The molecule has 0 aliphatic rings. The fraction of sp³-hybridized carbons (Fsp3) is 0.450. The van der Waals surface area contributed by atoms with Crippen molar-refractivity contribution in [3.05, 3.63) is 42.0 Å². The summed E-state index contributed by atoms with van der Waals surface area (Å²) in [4.78, 5) is 28.5. The lowest BCUT2D eigenvalue weighted by Gasteiger charge is -2.20. The molecule has 0 aliphatic heterocycles. The van der Waals surface area contributed by atoms with Crippen LogP contribution in [0.15, 0.2) is 30.6 Å². The summed E-state index contributed by atoms with van der Waals surface area (Å²) in [6.07, 6.45) is 2.16. The van der Waals surface area contributed by atoms with Gasteiger partial charge in [-0.2, -0.15) is 0 Å². The summed E-state index contributed by atoms with van der Waals surface area (Å²) in [5, 5.41) is 5.57. The lowest BCUT2D eigenvalue weighted by atomic mass is 9.92. The number of benzene rings is 1. The Morgan fingerprint density at radius 1 is 1.15 bits per heavy atom. The molecule has 1 atom stereocenters. The van der Waals surface area contributed by atoms with Gasteiger partial charge >= 0.3 is 0 Å². The van der Waals surface area contributed by atoms with E-state index in [0.717, 1.165) is 17.1 Å². The molecular formula is C20H28N4O2. The molecule has 26 heavy (non-hydrogen) atoms. The van der Waals surface area contributed by atoms with E-state index in [9.17, 15) is 9.59 Å². The van der Waals surface area contributed by atoms with Crippen LogP contribution in [0.1, 0.15) is 45.5 Å². The quantitative estimate of drug-likeness (QED) is 0.862. The average Bonchev–Trinajstić information content (AvgIpc) is 2.86. The standard InChI is InChI=1S/C20H28N4O2/c1-13-15(3)24(12-21-13)17-9-7-16(8-10-17)23-19(26)14(2)22-18(25)11-20(4,5)6/h7-10,12,14H,11H2,1-6H3,(H,22,25)(H,23,26). The number of amides is 2. The van der Waals surface area contributed by atoms with Gasteiger partial charge in [0.05, 0.1) is 12.0 Å². The van der Waals surface area contributed by atoms with Crippen molar-refractivity contribution < 1.29 is 9.59 Å². The molecule has 6 heteroatoms. The smallest absolute Gasteiger partial charge is 0.246 e. The predicted molar refractivity (Wildman–Crippen MR) is 103 cm³/mol. The van der Waals surface area contributed by atoms with Crippen molar-refractivity contribution in [3.63, 3.8) is 0 Å². The van der Waals surface area contributed by atoms with Gasteiger partial charge in [0, 0.05) is 23.5 Å². The number of carbonyl (C=O) groups excluding carboxylic acids is 2. The van der Waals surface area contributed by atoms with E-state index >= 15 is 0 Å². The number of nitrogens with one attached hydrogen (secondary N) is 2. The molecule has 0 saturated heterocycles. The monoisotopic (exact) mass is 356 g/mol. The Balaban J connectivity index is 1.97. The Hall–Kier alpha value is -2.63. The number of rotatable bonds is 5. The summed E-state index contributed by atoms with van der Waals surface area (Å²) in [7, 11) is 0. The number of hydrogen-bond donors (Lipinski definition) is 2. The number of imidazole rings is 1. The number of aryl methyl sites for hydroxylation is 1. The maximum absolute atomic E-state index is 12.3. The molecule has 0 fully saturated rings. The van der Waals surface area contributed by atoms with Crippen LogP contribution in [-0.2, 0) is 9.59 Å². The normalized spacial score (nSPS) is 12.5. The highest BCUT2D eigenvalue weighted by Gasteiger charge is 2.20. The van der Waals surface area contributed by atoms with E-state index in [2.05, 4.69) is 15.6 Å². The summed E-state index contributed by atoms with van der Waals surface area (Å²) in [6.45, 7) is 11.6. The van der Waals surface area contributed by atoms with Crippen molar-refractivity contribution in [1.82, 2.24) is 14.9 Å². The first-order valence-electron chi connectivity index (χ1n) is 8.78. The molecule has 1 aromatic heterocycles. The highest BCUT2D eigenvalue weighted by molar-refractivity contribution is 5.97. The van der Waals surface area contributed by atoms with Crippen molar-refractivity contribution in [2.45, 2.75) is 54.0 Å². The Bertz CT molecular complexity index is 785. The second kappa shape index (κ2) is 7.72. The summed E-state index contributed by atoms with van der Waals surface area (Å²) >= 11 is 0. The molecule has 0 spiro atoms. The zero-order valence-electron chi connectivity index (χ0n) is 16.4. The van der Waals surface area contributed by atoms with Crippen molar-refractivity contribution >= 4 is 17.5 Å². The number of anilines is 1. The fourth-order valence-corrected chi connectivity index (χ4v) is 2.55. The largest absolute Gasteiger partial charge is 0.345 e. The maximum Gasteiger partial charge on any atom is 0.246 e. The Morgan fingerprint density at radius 2 is 1.77 bits per heavy atom. The van der Waals surface area contributed by atoms with E-state index in [1.807, 2.05) is 63.5 Å². The van der Waals surface area contributed by atoms with E-state index in [1.54, 1.807) is 13.3 Å². The first-order valence-corrected chi connectivity index (χ1v) is 8.78. The molecule has 1 aromatic carbocycles. The molecule has 0 bridgehead atoms. The van der Waals surface area contributed by atoms with Crippen LogP contribution in [-0.4, -0.2) is 27.4 Å². The predicted octanol–water partition coefficient (Wildman–Crippen LogP) is 3.37. The van der Waals surface area contributed by atoms with E-state index < -0.39 is 6.04 Å². The average molecular weight is 356 g/mol. The highest BCUT2D eigenvalue weighted by atomic mass is 16.2. The number of carbonyl (C=O) groups is 2. The third-order valence-corrected chi connectivity index (χ3v) is 4.13. The van der Waals surface area contributed by atoms with E-state index in [0.29, 0.717) is 12.1 Å². The molecule has 2 aromatic rings. The van der Waals surface area contributed by atoms with Gasteiger partial charge in [0.15, 0.2) is 0 Å². The first kappa shape index (κ1) is 19.7. The fourth-order valence-electron chi connectivity index (χ4n) is 2.55. The Kier molecular flexibility index (Phi) is 5.85. The SMILES string of the molecule is Cc1ncn(-c2ccc(NC(=O)C(C)NC(=O)CC(C)(C)C)cc2)c1C. The van der Waals surface area contributed by atoms with E-state index in [4.69, 9.17) is 0 Å². The van der Waals surface area contributed by atoms with Crippen LogP contribution in [0.3, 0.4) is 0 Å². The molecule has 1 heterocycles. The molecule has 0 radical (unpaired) electrons. The van der Waals surface area contributed by atoms with Crippen molar-refractivity contribution in [3.8, 4) is 5.69 Å². The van der Waals surface area contributed by atoms with Crippen LogP contribution >= 0.6 is 0 Å². The number of aromatic nitrogens is 2. The molecule has 2 N–H and O–H groups in total. The number of nitrogens with zero attached hydrogens (tertiary/aromatic N) is 2. The van der Waals surface area contributed by atoms with Crippen LogP contribution in [0.4, 0.5) is 5.69 Å². The molecule has 2 rings (SSSR count). The molecule has 1 unspecified atom stereocenters. The van der Waals surface area contributed by atoms with Gasteiger partial charge in [-0.25, -0.2) is 4.98 Å². The van der Waals surface area contributed by atoms with Crippen molar-refractivity contribution in [2.75, 3.05) is 5.32 Å². The van der Waals surface area contributed by atoms with Gasteiger partial charge in [0.1, 0.15) is 6.04 Å². The van der Waals surface area contributed by atoms with Gasteiger partial charge in [-0.05, 0) is 50.5 Å². The van der Waals surface area contributed by atoms with Gasteiger partial charge in [0.2, 0.25) is 11.8 Å². The molecule has 0 saturated carbocycles. The minimum Gasteiger partial charge on any atom is -0.345 e. The minimum atomic E-state index is -0.594. The third-order valence-electron chi connectivity index (χ3n) is 4.13. The highest BCUT2D eigenvalue weighted by Crippen LogP contribution is 2.18. The van der Waals surface area contributed by atoms with Gasteiger partial charge in [-0.3, -0.25) is 9.59 Å². The van der Waals surface area contributed by atoms with Crippen LogP contribution in [0.2, 0.25) is 0 Å². The van der Waals surface area contributed by atoms with Gasteiger partial charge in [-0.15, -0.1) is 0 Å². The second-order valence-electron chi connectivity index (χ2n) is 7.85. The van der Waals surface area contributed by atoms with Crippen molar-refractivity contribution in [2.24, 2.45) is 5.41 Å². The zero-order valence-corrected chi connectivity index (χ0v) is 16.4. The van der Waals surface area contributed by atoms with Crippen molar-refractivity contribution in [1.29, 1.82) is 0 Å². The topological polar surface area (TPSA) is 76.0 Å². The molecular weight excluding hydrogens is 328 g/mol. The van der Waals surface area contributed by atoms with Crippen LogP contribution < -0.4 is 10.6 Å². The van der Waals surface area contributed by atoms with E-state index in [-0.39, 0.29) is 17.2 Å². The van der Waals surface area contributed by atoms with Crippen LogP contribution in [0, 0.1) is 19.3 Å². The molecule has 6 nitrogen and oxygen atoms in total. The molecule has 0 aliphatic carbocycles. The van der Waals surface area contributed by atoms with Gasteiger partial charge in [-0.1, -0.05) is 20.8 Å².